The van der Waals surface area contributed by atoms with Gasteiger partial charge in [-0.05, 0) is 27.8 Å². The van der Waals surface area contributed by atoms with Crippen LogP contribution in [0.3, 0.4) is 0 Å². The minimum absolute atomic E-state index is 0.380. The van der Waals surface area contributed by atoms with Gasteiger partial charge in [-0.3, -0.25) is 0 Å². The standard InChI is InChI=1S/C8H8ClNS2/c9-3-7-5-12-8(10-7)6-1-2-11-4-6/h1-2,4-5,8,10H,3H2. The molecule has 1 atom stereocenters. The third-order valence-corrected chi connectivity index (χ3v) is 3.72. The van der Waals surface area contributed by atoms with E-state index in [2.05, 4.69) is 27.6 Å². The van der Waals surface area contributed by atoms with Crippen LogP contribution in [0.1, 0.15) is 10.9 Å². The van der Waals surface area contributed by atoms with E-state index in [1.54, 1.807) is 23.1 Å². The third-order valence-electron chi connectivity index (χ3n) is 1.65. The first kappa shape index (κ1) is 8.48. The number of hydrogen-bond donors (Lipinski definition) is 1. The van der Waals surface area contributed by atoms with Gasteiger partial charge in [-0.2, -0.15) is 11.3 Å². The zero-order valence-electron chi connectivity index (χ0n) is 6.29. The van der Waals surface area contributed by atoms with Crippen LogP contribution in [0.15, 0.2) is 27.9 Å². The molecule has 1 aliphatic rings. The molecule has 0 spiro atoms. The van der Waals surface area contributed by atoms with Crippen LogP contribution in [0.25, 0.3) is 0 Å². The Bertz CT molecular complexity index is 281. The van der Waals surface area contributed by atoms with Gasteiger partial charge in [-0.15, -0.1) is 23.4 Å². The minimum Gasteiger partial charge on any atom is -0.371 e. The molecular weight excluding hydrogens is 210 g/mol. The molecule has 0 saturated carbocycles. The molecule has 12 heavy (non-hydrogen) atoms. The number of halogens is 1. The average Bonchev–Trinajstić information content (AvgIpc) is 2.75. The Balaban J connectivity index is 2.04. The van der Waals surface area contributed by atoms with Gasteiger partial charge in [0.05, 0.1) is 5.88 Å². The molecule has 0 aromatic carbocycles. The molecule has 2 heterocycles. The van der Waals surface area contributed by atoms with Crippen LogP contribution in [0.4, 0.5) is 0 Å². The van der Waals surface area contributed by atoms with Crippen LogP contribution in [0.5, 0.6) is 0 Å². The SMILES string of the molecule is ClCC1=CSC(c2ccsc2)N1. The lowest BCUT2D eigenvalue weighted by molar-refractivity contribution is 0.816. The van der Waals surface area contributed by atoms with Crippen molar-refractivity contribution < 1.29 is 0 Å². The molecule has 0 radical (unpaired) electrons. The van der Waals surface area contributed by atoms with Crippen LogP contribution in [-0.2, 0) is 0 Å². The molecule has 0 saturated heterocycles. The lowest BCUT2D eigenvalue weighted by Gasteiger charge is -2.09. The van der Waals surface area contributed by atoms with Crippen molar-refractivity contribution in [3.8, 4) is 0 Å². The van der Waals surface area contributed by atoms with Gasteiger partial charge in [0.15, 0.2) is 0 Å². The van der Waals surface area contributed by atoms with E-state index >= 15 is 0 Å². The zero-order valence-corrected chi connectivity index (χ0v) is 8.68. The summed E-state index contributed by atoms with van der Waals surface area (Å²) in [5, 5.41) is 10.1. The third kappa shape index (κ3) is 1.63. The van der Waals surface area contributed by atoms with Gasteiger partial charge in [0, 0.05) is 5.70 Å². The minimum atomic E-state index is 0.380. The predicted molar refractivity (Wildman–Crippen MR) is 56.6 cm³/mol. The van der Waals surface area contributed by atoms with Crippen molar-refractivity contribution in [1.29, 1.82) is 0 Å². The van der Waals surface area contributed by atoms with E-state index in [0.717, 1.165) is 5.70 Å². The topological polar surface area (TPSA) is 12.0 Å². The Morgan fingerprint density at radius 2 is 2.50 bits per heavy atom. The van der Waals surface area contributed by atoms with Crippen LogP contribution in [0.2, 0.25) is 0 Å². The van der Waals surface area contributed by atoms with E-state index in [9.17, 15) is 0 Å². The Hall–Kier alpha value is -0.120. The molecule has 0 amide bonds. The highest BCUT2D eigenvalue weighted by Crippen LogP contribution is 2.34. The number of rotatable bonds is 2. The van der Waals surface area contributed by atoms with E-state index in [4.69, 9.17) is 11.6 Å². The predicted octanol–water partition coefficient (Wildman–Crippen LogP) is 3.16. The largest absolute Gasteiger partial charge is 0.371 e. The van der Waals surface area contributed by atoms with Gasteiger partial charge in [-0.25, -0.2) is 0 Å². The first-order chi connectivity index (χ1) is 5.90. The molecule has 0 fully saturated rings. The number of allylic oxidation sites excluding steroid dienone is 1. The molecule has 1 aromatic heterocycles. The van der Waals surface area contributed by atoms with Gasteiger partial charge in [0.1, 0.15) is 5.37 Å². The van der Waals surface area contributed by atoms with Gasteiger partial charge in [-0.1, -0.05) is 0 Å². The maximum absolute atomic E-state index is 5.69. The van der Waals surface area contributed by atoms with Crippen molar-refractivity contribution in [2.45, 2.75) is 5.37 Å². The summed E-state index contributed by atoms with van der Waals surface area (Å²) < 4.78 is 0. The second kappa shape index (κ2) is 3.73. The van der Waals surface area contributed by atoms with Crippen molar-refractivity contribution in [3.63, 3.8) is 0 Å². The zero-order chi connectivity index (χ0) is 8.39. The van der Waals surface area contributed by atoms with E-state index < -0.39 is 0 Å². The number of thiophene rings is 1. The molecule has 4 heteroatoms. The maximum Gasteiger partial charge on any atom is 0.103 e. The smallest absolute Gasteiger partial charge is 0.103 e. The van der Waals surface area contributed by atoms with Crippen molar-refractivity contribution in [2.24, 2.45) is 0 Å². The van der Waals surface area contributed by atoms with Crippen LogP contribution >= 0.6 is 34.7 Å². The quantitative estimate of drug-likeness (QED) is 0.764. The molecule has 1 N–H and O–H groups in total. The molecule has 1 aromatic rings. The Morgan fingerprint density at radius 3 is 3.08 bits per heavy atom. The fraction of sp³-hybridized carbons (Fsp3) is 0.250. The molecule has 2 rings (SSSR count). The summed E-state index contributed by atoms with van der Waals surface area (Å²) in [5.41, 5.74) is 2.46. The second-order valence-electron chi connectivity index (χ2n) is 2.49. The monoisotopic (exact) mass is 217 g/mol. The Morgan fingerprint density at radius 1 is 1.58 bits per heavy atom. The summed E-state index contributed by atoms with van der Waals surface area (Å²) in [6, 6.07) is 2.14. The van der Waals surface area contributed by atoms with E-state index in [-0.39, 0.29) is 0 Å². The van der Waals surface area contributed by atoms with Gasteiger partial charge in [0.2, 0.25) is 0 Å². The maximum atomic E-state index is 5.69. The number of alkyl halides is 1. The molecule has 1 nitrogen and oxygen atoms in total. The molecule has 0 bridgehead atoms. The number of nitrogens with one attached hydrogen (secondary N) is 1. The molecule has 1 aliphatic heterocycles. The normalized spacial score (nSPS) is 22.1. The van der Waals surface area contributed by atoms with E-state index in [1.165, 1.54) is 5.56 Å². The molecule has 0 aliphatic carbocycles. The van der Waals surface area contributed by atoms with Crippen molar-refractivity contribution >= 4 is 34.7 Å². The van der Waals surface area contributed by atoms with E-state index in [0.29, 0.717) is 11.3 Å². The first-order valence-electron chi connectivity index (χ1n) is 3.59. The highest BCUT2D eigenvalue weighted by atomic mass is 35.5. The van der Waals surface area contributed by atoms with Gasteiger partial charge in [0.25, 0.3) is 0 Å². The van der Waals surface area contributed by atoms with Gasteiger partial charge >= 0.3 is 0 Å². The summed E-state index contributed by atoms with van der Waals surface area (Å²) in [5.74, 6) is 0.577. The fourth-order valence-corrected chi connectivity index (χ4v) is 3.04. The average molecular weight is 218 g/mol. The van der Waals surface area contributed by atoms with E-state index in [1.807, 2.05) is 0 Å². The summed E-state index contributed by atoms with van der Waals surface area (Å²) in [4.78, 5) is 0. The number of thioether (sulfide) groups is 1. The summed E-state index contributed by atoms with van der Waals surface area (Å²) >= 11 is 9.20. The van der Waals surface area contributed by atoms with Gasteiger partial charge < -0.3 is 5.32 Å². The Labute approximate surface area is 84.8 Å². The van der Waals surface area contributed by atoms with Crippen molar-refractivity contribution in [3.05, 3.63) is 33.5 Å². The Kier molecular flexibility index (Phi) is 2.63. The lowest BCUT2D eigenvalue weighted by Crippen LogP contribution is -2.12. The molecule has 1 unspecified atom stereocenters. The fourth-order valence-electron chi connectivity index (χ4n) is 1.04. The molecule has 64 valence electrons. The highest BCUT2D eigenvalue weighted by Gasteiger charge is 2.17. The molecular formula is C8H8ClNS2. The van der Waals surface area contributed by atoms with Crippen LogP contribution in [-0.4, -0.2) is 5.88 Å². The van der Waals surface area contributed by atoms with Crippen molar-refractivity contribution in [1.82, 2.24) is 5.32 Å². The summed E-state index contributed by atoms with van der Waals surface area (Å²) in [6.07, 6.45) is 0. The van der Waals surface area contributed by atoms with Crippen LogP contribution < -0.4 is 5.32 Å². The number of hydrogen-bond acceptors (Lipinski definition) is 3. The van der Waals surface area contributed by atoms with Crippen molar-refractivity contribution in [2.75, 3.05) is 5.88 Å². The summed E-state index contributed by atoms with van der Waals surface area (Å²) in [7, 11) is 0. The summed E-state index contributed by atoms with van der Waals surface area (Å²) in [6.45, 7) is 0. The highest BCUT2D eigenvalue weighted by molar-refractivity contribution is 8.02. The lowest BCUT2D eigenvalue weighted by atomic mass is 10.3. The first-order valence-corrected chi connectivity index (χ1v) is 6.01. The second-order valence-corrected chi connectivity index (χ2v) is 4.52. The van der Waals surface area contributed by atoms with Crippen LogP contribution in [0, 0.1) is 0 Å².